The lowest BCUT2D eigenvalue weighted by Crippen LogP contribution is -2.53. The predicted octanol–water partition coefficient (Wildman–Crippen LogP) is 1.03. The van der Waals surface area contributed by atoms with Gasteiger partial charge in [0.1, 0.15) is 12.4 Å². The summed E-state index contributed by atoms with van der Waals surface area (Å²) in [7, 11) is 0. The first-order valence-corrected chi connectivity index (χ1v) is 8.76. The molecule has 1 aliphatic heterocycles. The summed E-state index contributed by atoms with van der Waals surface area (Å²) in [5.74, 6) is 0.621. The van der Waals surface area contributed by atoms with E-state index in [9.17, 15) is 13.9 Å². The third-order valence-corrected chi connectivity index (χ3v) is 3.99. The molecule has 1 aromatic rings. The number of imidazole rings is 1. The van der Waals surface area contributed by atoms with Crippen LogP contribution in [0.1, 0.15) is 26.2 Å². The van der Waals surface area contributed by atoms with Crippen LogP contribution < -0.4 is 10.6 Å². The predicted molar refractivity (Wildman–Crippen MR) is 110 cm³/mol. The summed E-state index contributed by atoms with van der Waals surface area (Å²) >= 11 is 0. The van der Waals surface area contributed by atoms with Gasteiger partial charge in [0.15, 0.2) is 5.96 Å². The molecule has 0 aromatic carbocycles. The van der Waals surface area contributed by atoms with Gasteiger partial charge in [-0.1, -0.05) is 0 Å². The van der Waals surface area contributed by atoms with Gasteiger partial charge in [0.25, 0.3) is 0 Å². The van der Waals surface area contributed by atoms with Crippen LogP contribution in [0.2, 0.25) is 0 Å². The molecular formula is C16H29F2IN6O2. The molecule has 8 nitrogen and oxygen atoms in total. The molecule has 1 atom stereocenters. The Bertz CT molecular complexity index is 579. The number of alkyl halides is 2. The topological polar surface area (TPSA) is 86.9 Å². The van der Waals surface area contributed by atoms with Crippen molar-refractivity contribution >= 4 is 29.9 Å². The minimum absolute atomic E-state index is 0. The molecule has 0 amide bonds. The van der Waals surface area contributed by atoms with Gasteiger partial charge in [-0.3, -0.25) is 9.47 Å². The Labute approximate surface area is 175 Å². The molecule has 0 aliphatic carbocycles. The van der Waals surface area contributed by atoms with E-state index in [2.05, 4.69) is 25.5 Å². The smallest absolute Gasteiger partial charge is 0.319 e. The lowest BCUT2D eigenvalue weighted by Gasteiger charge is -2.34. The Morgan fingerprint density at radius 2 is 2.11 bits per heavy atom. The SMILES string of the molecule is CCNC(=NCc1nccn1C(F)F)NCC(C)(O)CN1CCOCC1.I. The lowest BCUT2D eigenvalue weighted by atomic mass is 10.1. The number of hydrogen-bond donors (Lipinski definition) is 3. The average Bonchev–Trinajstić information content (AvgIpc) is 3.07. The molecular weight excluding hydrogens is 473 g/mol. The molecule has 1 aliphatic rings. The van der Waals surface area contributed by atoms with Crippen LogP contribution in [0.4, 0.5) is 8.78 Å². The van der Waals surface area contributed by atoms with E-state index in [0.717, 1.165) is 17.7 Å². The van der Waals surface area contributed by atoms with E-state index in [4.69, 9.17) is 4.74 Å². The fraction of sp³-hybridized carbons (Fsp3) is 0.750. The molecule has 0 radical (unpaired) electrons. The Morgan fingerprint density at radius 1 is 1.41 bits per heavy atom. The summed E-state index contributed by atoms with van der Waals surface area (Å²) in [5.41, 5.74) is -0.963. The number of ether oxygens (including phenoxy) is 1. The fourth-order valence-electron chi connectivity index (χ4n) is 2.71. The van der Waals surface area contributed by atoms with Gasteiger partial charge in [-0.25, -0.2) is 9.98 Å². The standard InChI is InChI=1S/C16H28F2N6O2.HI/c1-3-19-15(21-10-13-20-4-5-24(13)14(17)18)22-11-16(2,25)12-23-6-8-26-9-7-23;/h4-5,14,25H,3,6-12H2,1-2H3,(H2,19,21,22);1H. The van der Waals surface area contributed by atoms with Crippen LogP contribution in [-0.4, -0.2) is 77.1 Å². The molecule has 1 fully saturated rings. The molecule has 2 rings (SSSR count). The van der Waals surface area contributed by atoms with E-state index in [-0.39, 0.29) is 42.9 Å². The van der Waals surface area contributed by atoms with Crippen molar-refractivity contribution in [1.82, 2.24) is 25.1 Å². The molecule has 0 spiro atoms. The number of aromatic nitrogens is 2. The van der Waals surface area contributed by atoms with E-state index >= 15 is 0 Å². The third kappa shape index (κ3) is 8.23. The number of halogens is 3. The summed E-state index contributed by atoms with van der Waals surface area (Å²) in [5, 5.41) is 16.7. The van der Waals surface area contributed by atoms with Crippen molar-refractivity contribution in [2.75, 3.05) is 45.9 Å². The minimum atomic E-state index is -2.65. The number of morpholine rings is 1. The average molecular weight is 502 g/mol. The van der Waals surface area contributed by atoms with Crippen LogP contribution in [0.15, 0.2) is 17.4 Å². The largest absolute Gasteiger partial charge is 0.387 e. The van der Waals surface area contributed by atoms with Crippen LogP contribution in [-0.2, 0) is 11.3 Å². The van der Waals surface area contributed by atoms with E-state index < -0.39 is 12.2 Å². The maximum absolute atomic E-state index is 12.9. The number of aliphatic imine (C=N–C) groups is 1. The van der Waals surface area contributed by atoms with E-state index in [1.807, 2.05) is 6.92 Å². The second kappa shape index (κ2) is 11.7. The van der Waals surface area contributed by atoms with Gasteiger partial charge in [0.2, 0.25) is 0 Å². The van der Waals surface area contributed by atoms with Crippen molar-refractivity contribution in [3.63, 3.8) is 0 Å². The van der Waals surface area contributed by atoms with Crippen LogP contribution >= 0.6 is 24.0 Å². The Kier molecular flexibility index (Phi) is 10.4. The van der Waals surface area contributed by atoms with Crippen LogP contribution in [0.3, 0.4) is 0 Å². The molecule has 1 aromatic heterocycles. The van der Waals surface area contributed by atoms with Crippen LogP contribution in [0.25, 0.3) is 0 Å². The molecule has 3 N–H and O–H groups in total. The van der Waals surface area contributed by atoms with E-state index in [1.54, 1.807) is 6.92 Å². The van der Waals surface area contributed by atoms with Gasteiger partial charge in [-0.05, 0) is 13.8 Å². The molecule has 0 bridgehead atoms. The van der Waals surface area contributed by atoms with Gasteiger partial charge in [0.05, 0.1) is 18.8 Å². The first-order valence-electron chi connectivity index (χ1n) is 8.76. The maximum Gasteiger partial charge on any atom is 0.319 e. The molecule has 2 heterocycles. The Morgan fingerprint density at radius 3 is 2.74 bits per heavy atom. The number of β-amino-alcohol motifs (C(OH)–C–C–N with tert-alkyl or cyclic N) is 1. The number of nitrogens with one attached hydrogen (secondary N) is 2. The monoisotopic (exact) mass is 502 g/mol. The van der Waals surface area contributed by atoms with Gasteiger partial charge in [-0.2, -0.15) is 8.78 Å². The minimum Gasteiger partial charge on any atom is -0.387 e. The number of hydrogen-bond acceptors (Lipinski definition) is 5. The zero-order chi connectivity index (χ0) is 19.0. The molecule has 0 saturated carbocycles. The van der Waals surface area contributed by atoms with Gasteiger partial charge < -0.3 is 20.5 Å². The van der Waals surface area contributed by atoms with Crippen LogP contribution in [0.5, 0.6) is 0 Å². The zero-order valence-electron chi connectivity index (χ0n) is 15.7. The first-order chi connectivity index (χ1) is 12.4. The quantitative estimate of drug-likeness (QED) is 0.280. The highest BCUT2D eigenvalue weighted by Gasteiger charge is 2.25. The number of aliphatic hydroxyl groups is 1. The summed E-state index contributed by atoms with van der Waals surface area (Å²) in [6.07, 6.45) is 2.55. The fourth-order valence-corrected chi connectivity index (χ4v) is 2.71. The maximum atomic E-state index is 12.9. The highest BCUT2D eigenvalue weighted by molar-refractivity contribution is 14.0. The molecule has 1 saturated heterocycles. The highest BCUT2D eigenvalue weighted by atomic mass is 127. The lowest BCUT2D eigenvalue weighted by molar-refractivity contribution is -0.0201. The molecule has 27 heavy (non-hydrogen) atoms. The van der Waals surface area contributed by atoms with Crippen molar-refractivity contribution in [3.8, 4) is 0 Å². The highest BCUT2D eigenvalue weighted by Crippen LogP contribution is 2.13. The number of guanidine groups is 1. The van der Waals surface area contributed by atoms with Gasteiger partial charge in [0, 0.05) is 45.1 Å². The molecule has 1 unspecified atom stereocenters. The van der Waals surface area contributed by atoms with Crippen molar-refractivity contribution in [3.05, 3.63) is 18.2 Å². The first kappa shape index (κ1) is 24.0. The third-order valence-electron chi connectivity index (χ3n) is 3.99. The normalized spacial score (nSPS) is 18.1. The number of nitrogens with zero attached hydrogens (tertiary/aromatic N) is 4. The van der Waals surface area contributed by atoms with Crippen molar-refractivity contribution in [2.45, 2.75) is 32.5 Å². The summed E-state index contributed by atoms with van der Waals surface area (Å²) in [6.45, 7) is 5.35. The Balaban J connectivity index is 0.00000364. The van der Waals surface area contributed by atoms with Gasteiger partial charge >= 0.3 is 6.55 Å². The van der Waals surface area contributed by atoms with Crippen LogP contribution in [0, 0.1) is 0 Å². The summed E-state index contributed by atoms with van der Waals surface area (Å²) in [4.78, 5) is 10.3. The van der Waals surface area contributed by atoms with E-state index in [1.165, 1.54) is 12.4 Å². The molecule has 11 heteroatoms. The zero-order valence-corrected chi connectivity index (χ0v) is 18.0. The second-order valence-corrected chi connectivity index (χ2v) is 6.46. The number of rotatable bonds is 8. The van der Waals surface area contributed by atoms with Crippen molar-refractivity contribution < 1.29 is 18.6 Å². The van der Waals surface area contributed by atoms with Gasteiger partial charge in [-0.15, -0.1) is 24.0 Å². The van der Waals surface area contributed by atoms with E-state index in [0.29, 0.717) is 32.3 Å². The Hall–Kier alpha value is -1.05. The van der Waals surface area contributed by atoms with Crippen molar-refractivity contribution in [1.29, 1.82) is 0 Å². The molecule has 156 valence electrons. The second-order valence-electron chi connectivity index (χ2n) is 6.46. The summed E-state index contributed by atoms with van der Waals surface area (Å²) < 4.78 is 31.8. The van der Waals surface area contributed by atoms with Crippen molar-refractivity contribution in [2.24, 2.45) is 4.99 Å². The summed E-state index contributed by atoms with van der Waals surface area (Å²) in [6, 6.07) is 0.